The van der Waals surface area contributed by atoms with Gasteiger partial charge in [0.1, 0.15) is 5.69 Å². The van der Waals surface area contributed by atoms with Crippen LogP contribution in [0.25, 0.3) is 0 Å². The molecule has 0 radical (unpaired) electrons. The predicted octanol–water partition coefficient (Wildman–Crippen LogP) is 4.53. The van der Waals surface area contributed by atoms with Crippen LogP contribution in [0.2, 0.25) is 0 Å². The first-order valence-electron chi connectivity index (χ1n) is 7.70. The van der Waals surface area contributed by atoms with Crippen molar-refractivity contribution in [3.8, 4) is 0 Å². The monoisotopic (exact) mass is 294 g/mol. The topological polar surface area (TPSA) is 46.4 Å². The molecule has 0 N–H and O–H groups in total. The Labute approximate surface area is 125 Å². The maximum absolute atomic E-state index is 13.9. The Balaban J connectivity index is 2.35. The van der Waals surface area contributed by atoms with E-state index >= 15 is 0 Å². The second-order valence-electron chi connectivity index (χ2n) is 6.18. The summed E-state index contributed by atoms with van der Waals surface area (Å²) in [7, 11) is 0. The number of hydrogen-bond donors (Lipinski definition) is 0. The summed E-state index contributed by atoms with van der Waals surface area (Å²) in [6.45, 7) is 5.01. The van der Waals surface area contributed by atoms with Crippen molar-refractivity contribution in [2.24, 2.45) is 5.92 Å². The smallest absolute Gasteiger partial charge is 0.327 e. The Kier molecular flexibility index (Phi) is 5.15. The Hall–Kier alpha value is -1.65. The van der Waals surface area contributed by atoms with Gasteiger partial charge in [-0.15, -0.1) is 0 Å². The molecule has 1 aliphatic carbocycles. The van der Waals surface area contributed by atoms with E-state index in [-0.39, 0.29) is 5.69 Å². The van der Waals surface area contributed by atoms with Crippen molar-refractivity contribution in [1.29, 1.82) is 0 Å². The third kappa shape index (κ3) is 3.71. The molecule has 4 nitrogen and oxygen atoms in total. The maximum Gasteiger partial charge on any atom is 0.327 e. The molecule has 0 bridgehead atoms. The third-order valence-corrected chi connectivity index (χ3v) is 4.17. The molecular weight excluding hydrogens is 271 g/mol. The van der Waals surface area contributed by atoms with Gasteiger partial charge in [-0.05, 0) is 37.3 Å². The van der Waals surface area contributed by atoms with Gasteiger partial charge >= 0.3 is 5.69 Å². The van der Waals surface area contributed by atoms with Crippen LogP contribution in [0.4, 0.5) is 15.8 Å². The summed E-state index contributed by atoms with van der Waals surface area (Å²) in [6.07, 6.45) is 5.31. The molecule has 0 saturated heterocycles. The zero-order valence-corrected chi connectivity index (χ0v) is 12.7. The number of nitro benzene ring substituents is 1. The van der Waals surface area contributed by atoms with Gasteiger partial charge in [-0.1, -0.05) is 32.8 Å². The SMILES string of the molecule is CC(C)CCN(c1cccc(F)c1[N+](=O)[O-])C1CCCC1. The summed E-state index contributed by atoms with van der Waals surface area (Å²) in [5.41, 5.74) is 0.0562. The van der Waals surface area contributed by atoms with Gasteiger partial charge in [-0.3, -0.25) is 10.1 Å². The standard InChI is InChI=1S/C16H23FN2O2/c1-12(2)10-11-18(13-6-3-4-7-13)15-9-5-8-14(17)16(15)19(20)21/h5,8-9,12-13H,3-4,6-7,10-11H2,1-2H3. The summed E-state index contributed by atoms with van der Waals surface area (Å²) in [5, 5.41) is 11.2. The van der Waals surface area contributed by atoms with E-state index in [2.05, 4.69) is 18.7 Å². The quantitative estimate of drug-likeness (QED) is 0.572. The fraction of sp³-hybridized carbons (Fsp3) is 0.625. The number of hydrogen-bond acceptors (Lipinski definition) is 3. The second kappa shape index (κ2) is 6.87. The van der Waals surface area contributed by atoms with Crippen molar-refractivity contribution < 1.29 is 9.31 Å². The summed E-state index contributed by atoms with van der Waals surface area (Å²) in [4.78, 5) is 12.7. The minimum absolute atomic E-state index is 0.296. The molecule has 0 spiro atoms. The molecular formula is C16H23FN2O2. The van der Waals surface area contributed by atoms with Gasteiger partial charge in [0, 0.05) is 12.6 Å². The third-order valence-electron chi connectivity index (χ3n) is 4.17. The van der Waals surface area contributed by atoms with Crippen molar-refractivity contribution in [1.82, 2.24) is 0 Å². The Morgan fingerprint density at radius 1 is 1.38 bits per heavy atom. The van der Waals surface area contributed by atoms with Crippen LogP contribution in [0.15, 0.2) is 18.2 Å². The van der Waals surface area contributed by atoms with E-state index in [0.29, 0.717) is 17.6 Å². The molecule has 1 fully saturated rings. The van der Waals surface area contributed by atoms with Crippen LogP contribution in [0.5, 0.6) is 0 Å². The Morgan fingerprint density at radius 3 is 2.62 bits per heavy atom. The number of benzene rings is 1. The van der Waals surface area contributed by atoms with Gasteiger partial charge in [0.25, 0.3) is 0 Å². The molecule has 2 rings (SSSR count). The molecule has 1 aromatic rings. The highest BCUT2D eigenvalue weighted by Crippen LogP contribution is 2.36. The van der Waals surface area contributed by atoms with Gasteiger partial charge < -0.3 is 4.90 Å². The first kappa shape index (κ1) is 15.7. The molecule has 0 heterocycles. The summed E-state index contributed by atoms with van der Waals surface area (Å²) >= 11 is 0. The van der Waals surface area contributed by atoms with E-state index in [1.807, 2.05) is 0 Å². The van der Waals surface area contributed by atoms with Crippen LogP contribution >= 0.6 is 0 Å². The van der Waals surface area contributed by atoms with E-state index in [9.17, 15) is 14.5 Å². The summed E-state index contributed by atoms with van der Waals surface area (Å²) in [6, 6.07) is 4.70. The molecule has 0 aliphatic heterocycles. The van der Waals surface area contributed by atoms with E-state index < -0.39 is 10.7 Å². The molecule has 5 heteroatoms. The highest BCUT2D eigenvalue weighted by atomic mass is 19.1. The molecule has 1 aliphatic rings. The van der Waals surface area contributed by atoms with Crippen LogP contribution in [0.1, 0.15) is 46.0 Å². The van der Waals surface area contributed by atoms with Crippen molar-refractivity contribution >= 4 is 11.4 Å². The molecule has 116 valence electrons. The van der Waals surface area contributed by atoms with Crippen molar-refractivity contribution in [3.63, 3.8) is 0 Å². The first-order valence-corrected chi connectivity index (χ1v) is 7.70. The van der Waals surface area contributed by atoms with Crippen LogP contribution in [-0.2, 0) is 0 Å². The highest BCUT2D eigenvalue weighted by molar-refractivity contribution is 5.64. The number of nitro groups is 1. The van der Waals surface area contributed by atoms with Crippen molar-refractivity contribution in [2.45, 2.75) is 52.0 Å². The summed E-state index contributed by atoms with van der Waals surface area (Å²) < 4.78 is 13.9. The van der Waals surface area contributed by atoms with Gasteiger partial charge in [0.15, 0.2) is 0 Å². The zero-order chi connectivity index (χ0) is 15.4. The molecule has 0 amide bonds. The maximum atomic E-state index is 13.9. The molecule has 0 aromatic heterocycles. The van der Waals surface area contributed by atoms with Crippen LogP contribution in [0, 0.1) is 21.8 Å². The lowest BCUT2D eigenvalue weighted by Crippen LogP contribution is -2.35. The number of anilines is 1. The molecule has 21 heavy (non-hydrogen) atoms. The summed E-state index contributed by atoms with van der Waals surface area (Å²) in [5.74, 6) is -0.230. The highest BCUT2D eigenvalue weighted by Gasteiger charge is 2.30. The van der Waals surface area contributed by atoms with Crippen LogP contribution < -0.4 is 4.90 Å². The lowest BCUT2D eigenvalue weighted by molar-refractivity contribution is -0.386. The fourth-order valence-corrected chi connectivity index (χ4v) is 3.03. The number of nitrogens with zero attached hydrogens (tertiary/aromatic N) is 2. The van der Waals surface area contributed by atoms with E-state index in [0.717, 1.165) is 44.7 Å². The number of halogens is 1. The van der Waals surface area contributed by atoms with Gasteiger partial charge in [-0.25, -0.2) is 0 Å². The van der Waals surface area contributed by atoms with Gasteiger partial charge in [-0.2, -0.15) is 4.39 Å². The van der Waals surface area contributed by atoms with Crippen LogP contribution in [-0.4, -0.2) is 17.5 Å². The number of rotatable bonds is 6. The van der Waals surface area contributed by atoms with E-state index in [4.69, 9.17) is 0 Å². The van der Waals surface area contributed by atoms with Gasteiger partial charge in [0.2, 0.25) is 5.82 Å². The molecule has 1 saturated carbocycles. The van der Waals surface area contributed by atoms with Crippen molar-refractivity contribution in [3.05, 3.63) is 34.1 Å². The molecule has 1 aromatic carbocycles. The lowest BCUT2D eigenvalue weighted by Gasteiger charge is -2.31. The van der Waals surface area contributed by atoms with Crippen molar-refractivity contribution in [2.75, 3.05) is 11.4 Å². The molecule has 0 atom stereocenters. The zero-order valence-electron chi connectivity index (χ0n) is 12.7. The average molecular weight is 294 g/mol. The van der Waals surface area contributed by atoms with E-state index in [1.54, 1.807) is 12.1 Å². The lowest BCUT2D eigenvalue weighted by atomic mass is 10.1. The Morgan fingerprint density at radius 2 is 2.05 bits per heavy atom. The number of para-hydroxylation sites is 1. The van der Waals surface area contributed by atoms with E-state index in [1.165, 1.54) is 0 Å². The normalized spacial score (nSPS) is 15.6. The Bertz CT molecular complexity index is 499. The average Bonchev–Trinajstić information content (AvgIpc) is 2.92. The second-order valence-corrected chi connectivity index (χ2v) is 6.18. The minimum atomic E-state index is -0.745. The molecule has 0 unspecified atom stereocenters. The minimum Gasteiger partial charge on any atom is -0.363 e. The largest absolute Gasteiger partial charge is 0.363 e. The predicted molar refractivity (Wildman–Crippen MR) is 82.1 cm³/mol. The van der Waals surface area contributed by atoms with Crippen LogP contribution in [0.3, 0.4) is 0 Å². The van der Waals surface area contributed by atoms with Gasteiger partial charge in [0.05, 0.1) is 4.92 Å². The fourth-order valence-electron chi connectivity index (χ4n) is 3.03. The first-order chi connectivity index (χ1) is 10.0.